The summed E-state index contributed by atoms with van der Waals surface area (Å²) in [6.07, 6.45) is 9.01. The van der Waals surface area contributed by atoms with E-state index in [1.165, 1.54) is 32.1 Å². The molecule has 0 N–H and O–H groups in total. The standard InChI is InChI=1S/C23H44O2/c1-10-23(11-2,18-15-13-12-14-16-18)25-19(24)22(9,21(6,7)8)17-20(3,4)5/h18H,10-17H2,1-9H3. The molecule has 1 unspecified atom stereocenters. The number of carbonyl (C=O) groups excluding carboxylic acids is 1. The van der Waals surface area contributed by atoms with Crippen LogP contribution in [0.5, 0.6) is 0 Å². The van der Waals surface area contributed by atoms with Crippen molar-refractivity contribution in [1.82, 2.24) is 0 Å². The van der Waals surface area contributed by atoms with E-state index in [-0.39, 0.29) is 22.4 Å². The van der Waals surface area contributed by atoms with Gasteiger partial charge in [0.15, 0.2) is 0 Å². The summed E-state index contributed by atoms with van der Waals surface area (Å²) in [4.78, 5) is 13.5. The van der Waals surface area contributed by atoms with Gasteiger partial charge in [0, 0.05) is 0 Å². The van der Waals surface area contributed by atoms with Gasteiger partial charge in [-0.25, -0.2) is 0 Å². The van der Waals surface area contributed by atoms with Crippen LogP contribution in [0.25, 0.3) is 0 Å². The number of esters is 1. The molecule has 1 rings (SSSR count). The lowest BCUT2D eigenvalue weighted by atomic mass is 9.61. The van der Waals surface area contributed by atoms with Crippen molar-refractivity contribution in [3.8, 4) is 0 Å². The van der Waals surface area contributed by atoms with E-state index in [9.17, 15) is 4.79 Å². The van der Waals surface area contributed by atoms with Crippen molar-refractivity contribution in [2.24, 2.45) is 22.2 Å². The van der Waals surface area contributed by atoms with Gasteiger partial charge in [-0.05, 0) is 55.8 Å². The number of hydrogen-bond donors (Lipinski definition) is 0. The third-order valence-electron chi connectivity index (χ3n) is 6.83. The maximum absolute atomic E-state index is 13.5. The number of rotatable bonds is 6. The first kappa shape index (κ1) is 22.5. The fraction of sp³-hybridized carbons (Fsp3) is 0.957. The Morgan fingerprint density at radius 2 is 1.36 bits per heavy atom. The van der Waals surface area contributed by atoms with Crippen molar-refractivity contribution in [2.75, 3.05) is 0 Å². The molecule has 0 heterocycles. The van der Waals surface area contributed by atoms with Crippen molar-refractivity contribution in [3.63, 3.8) is 0 Å². The Balaban J connectivity index is 3.14. The Morgan fingerprint density at radius 3 is 1.72 bits per heavy atom. The zero-order valence-corrected chi connectivity index (χ0v) is 18.6. The van der Waals surface area contributed by atoms with Crippen LogP contribution in [0, 0.1) is 22.2 Å². The smallest absolute Gasteiger partial charge is 0.312 e. The summed E-state index contributed by atoms with van der Waals surface area (Å²) in [5.74, 6) is 0.545. The van der Waals surface area contributed by atoms with E-state index < -0.39 is 5.41 Å². The van der Waals surface area contributed by atoms with E-state index in [0.717, 1.165) is 19.3 Å². The minimum Gasteiger partial charge on any atom is -0.458 e. The first-order valence-corrected chi connectivity index (χ1v) is 10.5. The first-order valence-electron chi connectivity index (χ1n) is 10.5. The third kappa shape index (κ3) is 5.23. The van der Waals surface area contributed by atoms with Crippen LogP contribution >= 0.6 is 0 Å². The molecule has 1 aliphatic rings. The highest BCUT2D eigenvalue weighted by Crippen LogP contribution is 2.49. The molecule has 148 valence electrons. The zero-order valence-electron chi connectivity index (χ0n) is 18.6. The lowest BCUT2D eigenvalue weighted by Crippen LogP contribution is -2.50. The second kappa shape index (κ2) is 8.01. The van der Waals surface area contributed by atoms with Gasteiger partial charge in [0.05, 0.1) is 5.41 Å². The van der Waals surface area contributed by atoms with Crippen molar-refractivity contribution in [1.29, 1.82) is 0 Å². The molecule has 0 spiro atoms. The fourth-order valence-electron chi connectivity index (χ4n) is 4.69. The average molecular weight is 353 g/mol. The van der Waals surface area contributed by atoms with Crippen molar-refractivity contribution < 1.29 is 9.53 Å². The van der Waals surface area contributed by atoms with E-state index in [1.54, 1.807) is 0 Å². The molecule has 0 aliphatic heterocycles. The predicted octanol–water partition coefficient (Wildman–Crippen LogP) is 7.16. The highest BCUT2D eigenvalue weighted by Gasteiger charge is 2.51. The summed E-state index contributed by atoms with van der Waals surface area (Å²) >= 11 is 0. The van der Waals surface area contributed by atoms with Crippen molar-refractivity contribution in [3.05, 3.63) is 0 Å². The maximum Gasteiger partial charge on any atom is 0.312 e. The molecule has 1 aliphatic carbocycles. The molecule has 1 fully saturated rings. The van der Waals surface area contributed by atoms with Crippen LogP contribution in [0.2, 0.25) is 0 Å². The molecule has 0 radical (unpaired) electrons. The largest absolute Gasteiger partial charge is 0.458 e. The second-order valence-corrected chi connectivity index (χ2v) is 10.8. The molecule has 0 aromatic rings. The van der Waals surface area contributed by atoms with Gasteiger partial charge in [0.25, 0.3) is 0 Å². The van der Waals surface area contributed by atoms with E-state index in [1.807, 2.05) is 0 Å². The summed E-state index contributed by atoms with van der Waals surface area (Å²) in [7, 11) is 0. The van der Waals surface area contributed by atoms with Crippen molar-refractivity contribution in [2.45, 2.75) is 119 Å². The van der Waals surface area contributed by atoms with E-state index >= 15 is 0 Å². The summed E-state index contributed by atoms with van der Waals surface area (Å²) < 4.78 is 6.47. The van der Waals surface area contributed by atoms with Crippen LogP contribution in [0.4, 0.5) is 0 Å². The SMILES string of the molecule is CCC(CC)(OC(=O)C(C)(CC(C)(C)C)C(C)(C)C)C1CCCCC1. The molecule has 25 heavy (non-hydrogen) atoms. The molecule has 0 aromatic carbocycles. The van der Waals surface area contributed by atoms with Crippen LogP contribution in [-0.4, -0.2) is 11.6 Å². The molecular weight excluding hydrogens is 308 g/mol. The zero-order chi connectivity index (χ0) is 19.5. The highest BCUT2D eigenvalue weighted by molar-refractivity contribution is 5.78. The molecule has 2 nitrogen and oxygen atoms in total. The summed E-state index contributed by atoms with van der Waals surface area (Å²) in [6.45, 7) is 19.7. The normalized spacial score (nSPS) is 20.2. The third-order valence-corrected chi connectivity index (χ3v) is 6.83. The summed E-state index contributed by atoms with van der Waals surface area (Å²) in [6, 6.07) is 0. The van der Waals surface area contributed by atoms with Gasteiger partial charge in [-0.15, -0.1) is 0 Å². The van der Waals surface area contributed by atoms with E-state index in [4.69, 9.17) is 4.74 Å². The molecule has 0 aromatic heterocycles. The predicted molar refractivity (Wildman–Crippen MR) is 108 cm³/mol. The second-order valence-electron chi connectivity index (χ2n) is 10.8. The van der Waals surface area contributed by atoms with Gasteiger partial charge in [0.2, 0.25) is 0 Å². The van der Waals surface area contributed by atoms with Crippen LogP contribution in [0.3, 0.4) is 0 Å². The summed E-state index contributed by atoms with van der Waals surface area (Å²) in [5, 5.41) is 0. The lowest BCUT2D eigenvalue weighted by molar-refractivity contribution is -0.190. The fourth-order valence-corrected chi connectivity index (χ4v) is 4.69. The van der Waals surface area contributed by atoms with E-state index in [2.05, 4.69) is 62.3 Å². The molecule has 1 saturated carbocycles. The number of hydrogen-bond acceptors (Lipinski definition) is 2. The Hall–Kier alpha value is -0.530. The minimum atomic E-state index is -0.477. The Kier molecular flexibility index (Phi) is 7.21. The molecule has 1 atom stereocenters. The Labute approximate surface area is 157 Å². The van der Waals surface area contributed by atoms with Gasteiger partial charge >= 0.3 is 5.97 Å². The van der Waals surface area contributed by atoms with Gasteiger partial charge in [-0.1, -0.05) is 74.7 Å². The number of ether oxygens (including phenoxy) is 1. The highest BCUT2D eigenvalue weighted by atomic mass is 16.6. The van der Waals surface area contributed by atoms with E-state index in [0.29, 0.717) is 5.92 Å². The monoisotopic (exact) mass is 352 g/mol. The molecule has 0 amide bonds. The van der Waals surface area contributed by atoms with Gasteiger partial charge in [0.1, 0.15) is 5.60 Å². The van der Waals surface area contributed by atoms with Gasteiger partial charge in [-0.2, -0.15) is 0 Å². The van der Waals surface area contributed by atoms with Crippen LogP contribution in [0.15, 0.2) is 0 Å². The molecular formula is C23H44O2. The molecule has 0 bridgehead atoms. The summed E-state index contributed by atoms with van der Waals surface area (Å²) in [5.41, 5.74) is -0.790. The molecule has 0 saturated heterocycles. The van der Waals surface area contributed by atoms with Crippen LogP contribution in [-0.2, 0) is 9.53 Å². The quantitative estimate of drug-likeness (QED) is 0.474. The van der Waals surface area contributed by atoms with Gasteiger partial charge < -0.3 is 4.74 Å². The minimum absolute atomic E-state index is 0.0178. The topological polar surface area (TPSA) is 26.3 Å². The molecule has 2 heteroatoms. The lowest BCUT2D eigenvalue weighted by Gasteiger charge is -2.48. The number of carbonyl (C=O) groups is 1. The van der Waals surface area contributed by atoms with Crippen LogP contribution in [0.1, 0.15) is 114 Å². The Bertz CT molecular complexity index is 428. The Morgan fingerprint density at radius 1 is 0.880 bits per heavy atom. The average Bonchev–Trinajstić information content (AvgIpc) is 2.50. The van der Waals surface area contributed by atoms with Gasteiger partial charge in [-0.3, -0.25) is 4.79 Å². The maximum atomic E-state index is 13.5. The van der Waals surface area contributed by atoms with Crippen molar-refractivity contribution >= 4 is 5.97 Å². The van der Waals surface area contributed by atoms with Crippen LogP contribution < -0.4 is 0 Å². The first-order chi connectivity index (χ1) is 11.3.